The number of ether oxygens (including phenoxy) is 2. The Bertz CT molecular complexity index is 422. The van der Waals surface area contributed by atoms with Gasteiger partial charge >= 0.3 is 0 Å². The zero-order chi connectivity index (χ0) is 15.9. The third-order valence-electron chi connectivity index (χ3n) is 3.23. The van der Waals surface area contributed by atoms with Crippen LogP contribution in [0.5, 0.6) is 5.75 Å². The van der Waals surface area contributed by atoms with Crippen molar-refractivity contribution in [1.82, 2.24) is 5.32 Å². The van der Waals surface area contributed by atoms with Gasteiger partial charge in [-0.1, -0.05) is 46.8 Å². The van der Waals surface area contributed by atoms with Crippen molar-refractivity contribution in [2.24, 2.45) is 0 Å². The highest BCUT2D eigenvalue weighted by Gasteiger charge is 2.18. The third kappa shape index (κ3) is 6.96. The summed E-state index contributed by atoms with van der Waals surface area (Å²) < 4.78 is 11.5. The fourth-order valence-corrected chi connectivity index (χ4v) is 2.10. The first-order chi connectivity index (χ1) is 9.80. The van der Waals surface area contributed by atoms with Gasteiger partial charge in [-0.25, -0.2) is 0 Å². The number of hydrogen-bond donors (Lipinski definition) is 1. The van der Waals surface area contributed by atoms with Crippen LogP contribution >= 0.6 is 0 Å². The molecule has 0 spiro atoms. The van der Waals surface area contributed by atoms with E-state index in [0.717, 1.165) is 18.9 Å². The lowest BCUT2D eigenvalue weighted by Gasteiger charge is -2.23. The number of hydrogen-bond acceptors (Lipinski definition) is 3. The molecule has 0 aliphatic carbocycles. The van der Waals surface area contributed by atoms with Crippen molar-refractivity contribution in [3.05, 3.63) is 29.3 Å². The Morgan fingerprint density at radius 1 is 1.10 bits per heavy atom. The van der Waals surface area contributed by atoms with E-state index in [1.807, 2.05) is 0 Å². The summed E-state index contributed by atoms with van der Waals surface area (Å²) in [5.74, 6) is 0.978. The third-order valence-corrected chi connectivity index (χ3v) is 3.23. The fourth-order valence-electron chi connectivity index (χ4n) is 2.10. The second kappa shape index (κ2) is 8.40. The van der Waals surface area contributed by atoms with Crippen molar-refractivity contribution in [3.63, 3.8) is 0 Å². The van der Waals surface area contributed by atoms with Crippen molar-refractivity contribution < 1.29 is 9.47 Å². The molecule has 0 fully saturated rings. The lowest BCUT2D eigenvalue weighted by Crippen LogP contribution is -2.27. The van der Waals surface area contributed by atoms with Gasteiger partial charge in [0.1, 0.15) is 12.4 Å². The topological polar surface area (TPSA) is 30.5 Å². The van der Waals surface area contributed by atoms with E-state index in [9.17, 15) is 0 Å². The smallest absolute Gasteiger partial charge is 0.123 e. The fraction of sp³-hybridized carbons (Fsp3) is 0.667. The summed E-state index contributed by atoms with van der Waals surface area (Å²) in [7, 11) is 0. The minimum Gasteiger partial charge on any atom is -0.491 e. The van der Waals surface area contributed by atoms with Crippen LogP contribution in [-0.4, -0.2) is 32.4 Å². The predicted molar refractivity (Wildman–Crippen MR) is 89.3 cm³/mol. The van der Waals surface area contributed by atoms with E-state index in [-0.39, 0.29) is 5.41 Å². The molecular formula is C18H31NO2. The lowest BCUT2D eigenvalue weighted by atomic mass is 9.86. The first kappa shape index (κ1) is 18.0. The molecule has 1 aromatic carbocycles. The minimum atomic E-state index is 0.0884. The van der Waals surface area contributed by atoms with Crippen molar-refractivity contribution in [1.29, 1.82) is 0 Å². The highest BCUT2D eigenvalue weighted by Crippen LogP contribution is 2.31. The standard InChI is InChI=1S/C18H31NO2/c1-14(2)19-9-10-20-11-12-21-17-13-15(3)7-8-16(17)18(4,5)6/h7-8,13-14,19H,9-12H2,1-6H3. The van der Waals surface area contributed by atoms with Crippen LogP contribution in [0.3, 0.4) is 0 Å². The van der Waals surface area contributed by atoms with E-state index in [0.29, 0.717) is 19.3 Å². The number of aryl methyl sites for hydroxylation is 1. The van der Waals surface area contributed by atoms with E-state index in [2.05, 4.69) is 65.1 Å². The van der Waals surface area contributed by atoms with Crippen LogP contribution in [-0.2, 0) is 10.2 Å². The molecule has 0 heterocycles. The Kier molecular flexibility index (Phi) is 7.20. The summed E-state index contributed by atoms with van der Waals surface area (Å²) in [4.78, 5) is 0. The van der Waals surface area contributed by atoms with Crippen LogP contribution < -0.4 is 10.1 Å². The molecule has 120 valence electrons. The Morgan fingerprint density at radius 2 is 1.81 bits per heavy atom. The van der Waals surface area contributed by atoms with Gasteiger partial charge in [0, 0.05) is 12.6 Å². The first-order valence-electron chi connectivity index (χ1n) is 7.86. The molecule has 0 saturated carbocycles. The summed E-state index contributed by atoms with van der Waals surface area (Å²) in [6.07, 6.45) is 0. The molecule has 0 saturated heterocycles. The van der Waals surface area contributed by atoms with E-state index in [1.54, 1.807) is 0 Å². The number of rotatable bonds is 8. The minimum absolute atomic E-state index is 0.0884. The molecule has 3 heteroatoms. The van der Waals surface area contributed by atoms with Gasteiger partial charge in [0.25, 0.3) is 0 Å². The summed E-state index contributed by atoms with van der Waals surface area (Å²) >= 11 is 0. The normalized spacial score (nSPS) is 12.0. The SMILES string of the molecule is Cc1ccc(C(C)(C)C)c(OCCOCCNC(C)C)c1. The second-order valence-corrected chi connectivity index (χ2v) is 6.82. The van der Waals surface area contributed by atoms with Gasteiger partial charge in [0.2, 0.25) is 0 Å². The van der Waals surface area contributed by atoms with Crippen LogP contribution in [0.1, 0.15) is 45.7 Å². The maximum Gasteiger partial charge on any atom is 0.123 e. The van der Waals surface area contributed by atoms with Gasteiger partial charge in [-0.2, -0.15) is 0 Å². The van der Waals surface area contributed by atoms with Gasteiger partial charge < -0.3 is 14.8 Å². The van der Waals surface area contributed by atoms with Crippen LogP contribution in [0.2, 0.25) is 0 Å². The average molecular weight is 293 g/mol. The molecule has 3 nitrogen and oxygen atoms in total. The Hall–Kier alpha value is -1.06. The lowest BCUT2D eigenvalue weighted by molar-refractivity contribution is 0.100. The molecule has 0 radical (unpaired) electrons. The zero-order valence-electron chi connectivity index (χ0n) is 14.5. The van der Waals surface area contributed by atoms with E-state index in [1.165, 1.54) is 11.1 Å². The van der Waals surface area contributed by atoms with E-state index >= 15 is 0 Å². The number of benzene rings is 1. The molecule has 21 heavy (non-hydrogen) atoms. The first-order valence-corrected chi connectivity index (χ1v) is 7.86. The van der Waals surface area contributed by atoms with Gasteiger partial charge in [-0.3, -0.25) is 0 Å². The molecule has 1 aromatic rings. The summed E-state index contributed by atoms with van der Waals surface area (Å²) in [5.41, 5.74) is 2.56. The zero-order valence-corrected chi connectivity index (χ0v) is 14.5. The van der Waals surface area contributed by atoms with Crippen LogP contribution in [0.25, 0.3) is 0 Å². The van der Waals surface area contributed by atoms with E-state index in [4.69, 9.17) is 9.47 Å². The van der Waals surface area contributed by atoms with Crippen molar-refractivity contribution in [2.45, 2.75) is 53.0 Å². The van der Waals surface area contributed by atoms with Crippen molar-refractivity contribution in [3.8, 4) is 5.75 Å². The molecule has 1 rings (SSSR count). The average Bonchev–Trinajstić information content (AvgIpc) is 2.35. The van der Waals surface area contributed by atoms with Gasteiger partial charge in [0.05, 0.1) is 13.2 Å². The van der Waals surface area contributed by atoms with E-state index < -0.39 is 0 Å². The predicted octanol–water partition coefficient (Wildman–Crippen LogP) is 3.69. The quantitative estimate of drug-likeness (QED) is 0.742. The summed E-state index contributed by atoms with van der Waals surface area (Å²) in [5, 5.41) is 3.32. The highest BCUT2D eigenvalue weighted by atomic mass is 16.5. The molecule has 0 amide bonds. The summed E-state index contributed by atoms with van der Waals surface area (Å²) in [6.45, 7) is 15.8. The monoisotopic (exact) mass is 293 g/mol. The maximum absolute atomic E-state index is 5.93. The summed E-state index contributed by atoms with van der Waals surface area (Å²) in [6, 6.07) is 6.92. The van der Waals surface area contributed by atoms with Crippen LogP contribution in [0.4, 0.5) is 0 Å². The molecule has 0 bridgehead atoms. The Labute approximate surface area is 130 Å². The molecule has 1 N–H and O–H groups in total. The molecule has 0 unspecified atom stereocenters. The van der Waals surface area contributed by atoms with Gasteiger partial charge in [-0.05, 0) is 29.5 Å². The molecule has 0 atom stereocenters. The second-order valence-electron chi connectivity index (χ2n) is 6.82. The Balaban J connectivity index is 2.40. The van der Waals surface area contributed by atoms with Gasteiger partial charge in [0.15, 0.2) is 0 Å². The molecule has 0 aliphatic rings. The molecule has 0 aromatic heterocycles. The maximum atomic E-state index is 5.93. The molecule has 0 aliphatic heterocycles. The molecular weight excluding hydrogens is 262 g/mol. The van der Waals surface area contributed by atoms with Crippen molar-refractivity contribution >= 4 is 0 Å². The van der Waals surface area contributed by atoms with Crippen LogP contribution in [0, 0.1) is 6.92 Å². The largest absolute Gasteiger partial charge is 0.491 e. The van der Waals surface area contributed by atoms with Crippen LogP contribution in [0.15, 0.2) is 18.2 Å². The highest BCUT2D eigenvalue weighted by molar-refractivity contribution is 5.41. The van der Waals surface area contributed by atoms with Crippen molar-refractivity contribution in [2.75, 3.05) is 26.4 Å². The number of nitrogens with one attached hydrogen (secondary N) is 1. The van der Waals surface area contributed by atoms with Gasteiger partial charge in [-0.15, -0.1) is 0 Å². The Morgan fingerprint density at radius 3 is 2.43 bits per heavy atom.